The summed E-state index contributed by atoms with van der Waals surface area (Å²) < 4.78 is 34.1. The molecule has 0 heterocycles. The number of carbonyl (C=O) groups is 1. The molecule has 1 amide bonds. The van der Waals surface area contributed by atoms with E-state index in [2.05, 4.69) is 0 Å². The zero-order chi connectivity index (χ0) is 8.91. The predicted octanol–water partition coefficient (Wildman–Crippen LogP) is 0.579. The van der Waals surface area contributed by atoms with E-state index in [1.165, 1.54) is 11.4 Å². The lowest BCUT2D eigenvalue weighted by Crippen LogP contribution is -2.33. The van der Waals surface area contributed by atoms with Crippen LogP contribution in [0.15, 0.2) is 0 Å². The molecule has 0 aliphatic rings. The largest absolute Gasteiger partial charge is 0.405 e. The molecule has 0 spiro atoms. The van der Waals surface area contributed by atoms with Crippen molar-refractivity contribution in [3.8, 4) is 6.07 Å². The van der Waals surface area contributed by atoms with E-state index in [1.807, 2.05) is 0 Å². The molecular weight excluding hydrogens is 161 g/mol. The zero-order valence-corrected chi connectivity index (χ0v) is 5.40. The molecule has 0 saturated carbocycles. The van der Waals surface area contributed by atoms with Crippen LogP contribution in [0.25, 0.3) is 0 Å². The lowest BCUT2D eigenvalue weighted by Gasteiger charge is -2.05. The van der Waals surface area contributed by atoms with Crippen LogP contribution in [0, 0.1) is 11.3 Å². The van der Waals surface area contributed by atoms with Gasteiger partial charge < -0.3 is 5.32 Å². The number of carbonyl (C=O) groups excluding carboxylic acids is 1. The third kappa shape index (κ3) is 6.64. The molecular formula is C5H5F3N2O. The van der Waals surface area contributed by atoms with Crippen molar-refractivity contribution in [2.24, 2.45) is 0 Å². The van der Waals surface area contributed by atoms with Crippen LogP contribution in [0.4, 0.5) is 13.2 Å². The maximum atomic E-state index is 11.4. The Labute approximate surface area is 60.8 Å². The van der Waals surface area contributed by atoms with E-state index in [-0.39, 0.29) is 0 Å². The lowest BCUT2D eigenvalue weighted by atomic mass is 10.4. The van der Waals surface area contributed by atoms with E-state index in [0.717, 1.165) is 0 Å². The van der Waals surface area contributed by atoms with Crippen molar-refractivity contribution in [1.82, 2.24) is 5.32 Å². The van der Waals surface area contributed by atoms with E-state index in [9.17, 15) is 18.0 Å². The Balaban J connectivity index is 3.57. The number of hydrogen-bond acceptors (Lipinski definition) is 2. The summed E-state index contributed by atoms with van der Waals surface area (Å²) >= 11 is 0. The molecule has 0 aliphatic carbocycles. The first-order valence-electron chi connectivity index (χ1n) is 2.66. The quantitative estimate of drug-likeness (QED) is 0.652. The second kappa shape index (κ2) is 3.81. The second-order valence-corrected chi connectivity index (χ2v) is 1.73. The van der Waals surface area contributed by atoms with Crippen LogP contribution in [-0.4, -0.2) is 18.6 Å². The number of rotatable bonds is 2. The number of amides is 1. The number of nitriles is 1. The first-order valence-corrected chi connectivity index (χ1v) is 2.66. The molecule has 11 heavy (non-hydrogen) atoms. The van der Waals surface area contributed by atoms with Crippen LogP contribution in [0.2, 0.25) is 0 Å². The van der Waals surface area contributed by atoms with Gasteiger partial charge in [-0.1, -0.05) is 0 Å². The van der Waals surface area contributed by atoms with Crippen LogP contribution in [0.3, 0.4) is 0 Å². The van der Waals surface area contributed by atoms with Gasteiger partial charge in [-0.15, -0.1) is 0 Å². The number of alkyl halides is 3. The molecule has 3 nitrogen and oxygen atoms in total. The molecule has 0 atom stereocenters. The number of nitrogens with zero attached hydrogens (tertiary/aromatic N) is 1. The van der Waals surface area contributed by atoms with Crippen molar-refractivity contribution in [1.29, 1.82) is 5.26 Å². The molecule has 0 bridgehead atoms. The van der Waals surface area contributed by atoms with Crippen molar-refractivity contribution in [2.75, 3.05) is 6.54 Å². The Kier molecular flexibility index (Phi) is 3.37. The summed E-state index contributed by atoms with van der Waals surface area (Å²) in [6, 6.07) is 1.42. The van der Waals surface area contributed by atoms with Gasteiger partial charge in [0.2, 0.25) is 5.91 Å². The standard InChI is InChI=1S/C5H5F3N2O/c6-5(7,8)3-10-4(11)1-2-9/h1,3H2,(H,10,11). The zero-order valence-electron chi connectivity index (χ0n) is 5.40. The number of halogens is 3. The molecule has 0 aromatic carbocycles. The molecule has 0 aromatic heterocycles. The molecule has 0 saturated heterocycles. The Morgan fingerprint density at radius 1 is 1.55 bits per heavy atom. The van der Waals surface area contributed by atoms with Gasteiger partial charge in [0.1, 0.15) is 13.0 Å². The predicted molar refractivity (Wildman–Crippen MR) is 29.3 cm³/mol. The Hall–Kier alpha value is -1.25. The highest BCUT2D eigenvalue weighted by molar-refractivity contribution is 5.77. The second-order valence-electron chi connectivity index (χ2n) is 1.73. The smallest absolute Gasteiger partial charge is 0.346 e. The normalized spacial score (nSPS) is 10.4. The summed E-state index contributed by atoms with van der Waals surface area (Å²) in [5, 5.41) is 9.41. The molecule has 0 aromatic rings. The van der Waals surface area contributed by atoms with E-state index in [1.54, 1.807) is 0 Å². The van der Waals surface area contributed by atoms with E-state index < -0.39 is 25.0 Å². The average Bonchev–Trinajstić information content (AvgIpc) is 1.83. The maximum absolute atomic E-state index is 11.4. The van der Waals surface area contributed by atoms with Gasteiger partial charge in [0.05, 0.1) is 6.07 Å². The van der Waals surface area contributed by atoms with Gasteiger partial charge in [-0.25, -0.2) is 0 Å². The minimum atomic E-state index is -4.41. The van der Waals surface area contributed by atoms with Gasteiger partial charge in [0.15, 0.2) is 0 Å². The van der Waals surface area contributed by atoms with Gasteiger partial charge in [-0.2, -0.15) is 18.4 Å². The molecule has 62 valence electrons. The highest BCUT2D eigenvalue weighted by Crippen LogP contribution is 2.11. The topological polar surface area (TPSA) is 52.9 Å². The molecule has 0 fully saturated rings. The summed E-state index contributed by atoms with van der Waals surface area (Å²) in [7, 11) is 0. The fraction of sp³-hybridized carbons (Fsp3) is 0.600. The summed E-state index contributed by atoms with van der Waals surface area (Å²) in [6.07, 6.45) is -4.96. The van der Waals surface area contributed by atoms with Gasteiger partial charge in [0.25, 0.3) is 0 Å². The Bertz CT molecular complexity index is 181. The third-order valence-corrected chi connectivity index (χ3v) is 0.726. The molecule has 0 rings (SSSR count). The molecule has 1 N–H and O–H groups in total. The Morgan fingerprint density at radius 3 is 2.45 bits per heavy atom. The fourth-order valence-electron chi connectivity index (χ4n) is 0.333. The van der Waals surface area contributed by atoms with E-state index in [0.29, 0.717) is 0 Å². The average molecular weight is 166 g/mol. The minimum absolute atomic E-state index is 0.546. The first kappa shape index (κ1) is 9.75. The van der Waals surface area contributed by atoms with Gasteiger partial charge in [-0.3, -0.25) is 4.79 Å². The summed E-state index contributed by atoms with van der Waals surface area (Å²) in [6.45, 7) is -1.38. The fourth-order valence-corrected chi connectivity index (χ4v) is 0.333. The summed E-state index contributed by atoms with van der Waals surface area (Å²) in [4.78, 5) is 10.3. The molecule has 0 aliphatic heterocycles. The van der Waals surface area contributed by atoms with Gasteiger partial charge >= 0.3 is 6.18 Å². The first-order chi connectivity index (χ1) is 4.95. The molecule has 0 unspecified atom stereocenters. The van der Waals surface area contributed by atoms with Gasteiger partial charge in [0, 0.05) is 0 Å². The van der Waals surface area contributed by atoms with Crippen molar-refractivity contribution >= 4 is 5.91 Å². The number of nitrogens with one attached hydrogen (secondary N) is 1. The maximum Gasteiger partial charge on any atom is 0.405 e. The summed E-state index contributed by atoms with van der Waals surface area (Å²) in [5.41, 5.74) is 0. The summed E-state index contributed by atoms with van der Waals surface area (Å²) in [5.74, 6) is -0.912. The van der Waals surface area contributed by atoms with Crippen molar-refractivity contribution in [3.05, 3.63) is 0 Å². The van der Waals surface area contributed by atoms with Crippen LogP contribution >= 0.6 is 0 Å². The minimum Gasteiger partial charge on any atom is -0.346 e. The lowest BCUT2D eigenvalue weighted by molar-refractivity contribution is -0.137. The van der Waals surface area contributed by atoms with Crippen LogP contribution in [-0.2, 0) is 4.79 Å². The third-order valence-electron chi connectivity index (χ3n) is 0.726. The van der Waals surface area contributed by atoms with Crippen LogP contribution in [0.5, 0.6) is 0 Å². The van der Waals surface area contributed by atoms with E-state index in [4.69, 9.17) is 5.26 Å². The van der Waals surface area contributed by atoms with Gasteiger partial charge in [-0.05, 0) is 0 Å². The van der Waals surface area contributed by atoms with Crippen LogP contribution in [0.1, 0.15) is 6.42 Å². The monoisotopic (exact) mass is 166 g/mol. The molecule has 6 heteroatoms. The Morgan fingerprint density at radius 2 is 2.09 bits per heavy atom. The van der Waals surface area contributed by atoms with Crippen molar-refractivity contribution < 1.29 is 18.0 Å². The molecule has 0 radical (unpaired) electrons. The highest BCUT2D eigenvalue weighted by atomic mass is 19.4. The number of hydrogen-bond donors (Lipinski definition) is 1. The van der Waals surface area contributed by atoms with Crippen LogP contribution < -0.4 is 5.32 Å². The highest BCUT2D eigenvalue weighted by Gasteiger charge is 2.27. The van der Waals surface area contributed by atoms with Crippen molar-refractivity contribution in [2.45, 2.75) is 12.6 Å². The van der Waals surface area contributed by atoms with Crippen molar-refractivity contribution in [3.63, 3.8) is 0 Å². The SMILES string of the molecule is N#CCC(=O)NCC(F)(F)F. The van der Waals surface area contributed by atoms with E-state index >= 15 is 0 Å².